The topological polar surface area (TPSA) is 58.6 Å². The van der Waals surface area contributed by atoms with Crippen LogP contribution in [0.5, 0.6) is 0 Å². The molecule has 0 bridgehead atoms. The lowest BCUT2D eigenvalue weighted by molar-refractivity contribution is -0.141. The van der Waals surface area contributed by atoms with Gasteiger partial charge in [0.2, 0.25) is 5.91 Å². The first kappa shape index (κ1) is 17.1. The van der Waals surface area contributed by atoms with Crippen LogP contribution < -0.4 is 5.32 Å². The Kier molecular flexibility index (Phi) is 6.64. The van der Waals surface area contributed by atoms with Crippen molar-refractivity contribution in [2.75, 3.05) is 32.6 Å². The summed E-state index contributed by atoms with van der Waals surface area (Å²) in [7, 11) is 2.99. The molecule has 5 nitrogen and oxygen atoms in total. The van der Waals surface area contributed by atoms with Crippen LogP contribution in [-0.2, 0) is 14.3 Å². The van der Waals surface area contributed by atoms with E-state index >= 15 is 0 Å². The van der Waals surface area contributed by atoms with Crippen molar-refractivity contribution in [2.45, 2.75) is 6.92 Å². The van der Waals surface area contributed by atoms with E-state index in [4.69, 9.17) is 0 Å². The molecule has 0 atom stereocenters. The normalized spacial score (nSPS) is 10.5. The molecule has 1 aromatic carbocycles. The molecule has 20 heavy (non-hydrogen) atoms. The predicted molar refractivity (Wildman–Crippen MR) is 84.7 cm³/mol. The van der Waals surface area contributed by atoms with Crippen LogP contribution >= 0.6 is 31.9 Å². The number of aryl methyl sites for hydroxylation is 1. The molecule has 1 aromatic rings. The summed E-state index contributed by atoms with van der Waals surface area (Å²) >= 11 is 6.82. The molecule has 7 heteroatoms. The number of hydrogen-bond acceptors (Lipinski definition) is 4. The van der Waals surface area contributed by atoms with E-state index in [1.54, 1.807) is 11.9 Å². The lowest BCUT2D eigenvalue weighted by atomic mass is 10.2. The van der Waals surface area contributed by atoms with E-state index in [2.05, 4.69) is 41.9 Å². The maximum absolute atomic E-state index is 11.9. The number of likely N-dealkylation sites (N-methyl/N-ethyl adjacent to an activating group) is 1. The number of halogens is 2. The van der Waals surface area contributed by atoms with Crippen LogP contribution in [0.4, 0.5) is 5.69 Å². The van der Waals surface area contributed by atoms with E-state index in [-0.39, 0.29) is 25.0 Å². The maximum Gasteiger partial charge on any atom is 0.319 e. The van der Waals surface area contributed by atoms with Gasteiger partial charge in [-0.3, -0.25) is 14.5 Å². The number of anilines is 1. The molecule has 0 saturated carbocycles. The second-order valence-electron chi connectivity index (χ2n) is 4.40. The third kappa shape index (κ3) is 5.22. The first-order chi connectivity index (χ1) is 9.33. The summed E-state index contributed by atoms with van der Waals surface area (Å²) in [6.07, 6.45) is 0. The first-order valence-corrected chi connectivity index (χ1v) is 7.43. The average molecular weight is 408 g/mol. The quantitative estimate of drug-likeness (QED) is 0.762. The van der Waals surface area contributed by atoms with E-state index in [1.807, 2.05) is 19.1 Å². The van der Waals surface area contributed by atoms with Gasteiger partial charge in [-0.2, -0.15) is 0 Å². The Labute approximate surface area is 134 Å². The second-order valence-corrected chi connectivity index (χ2v) is 6.11. The van der Waals surface area contributed by atoms with E-state index in [9.17, 15) is 9.59 Å². The van der Waals surface area contributed by atoms with Crippen molar-refractivity contribution in [2.24, 2.45) is 0 Å². The van der Waals surface area contributed by atoms with Crippen molar-refractivity contribution in [3.8, 4) is 0 Å². The molecule has 110 valence electrons. The SMILES string of the molecule is COC(=O)CN(C)CC(=O)Nc1c(Br)cc(C)cc1Br. The number of ether oxygens (including phenoxy) is 1. The molecule has 0 radical (unpaired) electrons. The lowest BCUT2D eigenvalue weighted by Gasteiger charge is -2.16. The highest BCUT2D eigenvalue weighted by atomic mass is 79.9. The van der Waals surface area contributed by atoms with Gasteiger partial charge in [-0.05, 0) is 63.5 Å². The van der Waals surface area contributed by atoms with Crippen LogP contribution in [0.2, 0.25) is 0 Å². The number of rotatable bonds is 5. The van der Waals surface area contributed by atoms with Crippen molar-refractivity contribution in [3.05, 3.63) is 26.6 Å². The number of carbonyl (C=O) groups is 2. The highest BCUT2D eigenvalue weighted by Crippen LogP contribution is 2.32. The number of nitrogens with one attached hydrogen (secondary N) is 1. The van der Waals surface area contributed by atoms with Gasteiger partial charge < -0.3 is 10.1 Å². The van der Waals surface area contributed by atoms with Crippen LogP contribution in [0.15, 0.2) is 21.1 Å². The van der Waals surface area contributed by atoms with Crippen molar-refractivity contribution < 1.29 is 14.3 Å². The van der Waals surface area contributed by atoms with Gasteiger partial charge in [0.05, 0.1) is 25.9 Å². The fraction of sp³-hybridized carbons (Fsp3) is 0.385. The Morgan fingerprint density at radius 2 is 1.80 bits per heavy atom. The van der Waals surface area contributed by atoms with Crippen LogP contribution in [-0.4, -0.2) is 44.0 Å². The molecule has 1 N–H and O–H groups in total. The van der Waals surface area contributed by atoms with E-state index in [0.29, 0.717) is 5.69 Å². The second kappa shape index (κ2) is 7.75. The molecule has 0 saturated heterocycles. The Balaban J connectivity index is 2.65. The van der Waals surface area contributed by atoms with E-state index < -0.39 is 0 Å². The van der Waals surface area contributed by atoms with Crippen LogP contribution in [0.3, 0.4) is 0 Å². The number of nitrogens with zero attached hydrogens (tertiary/aromatic N) is 1. The molecule has 1 rings (SSSR count). The number of hydrogen-bond donors (Lipinski definition) is 1. The third-order valence-electron chi connectivity index (χ3n) is 2.49. The van der Waals surface area contributed by atoms with Gasteiger partial charge >= 0.3 is 5.97 Å². The van der Waals surface area contributed by atoms with Gasteiger partial charge in [0.15, 0.2) is 0 Å². The van der Waals surface area contributed by atoms with E-state index in [0.717, 1.165) is 14.5 Å². The lowest BCUT2D eigenvalue weighted by Crippen LogP contribution is -2.34. The van der Waals surface area contributed by atoms with Gasteiger partial charge in [0.1, 0.15) is 0 Å². The number of carbonyl (C=O) groups excluding carboxylic acids is 2. The van der Waals surface area contributed by atoms with Gasteiger partial charge in [-0.25, -0.2) is 0 Å². The minimum absolute atomic E-state index is 0.0696. The molecule has 0 aliphatic carbocycles. The molecule has 0 aromatic heterocycles. The zero-order valence-corrected chi connectivity index (χ0v) is 14.7. The number of amides is 1. The highest BCUT2D eigenvalue weighted by molar-refractivity contribution is 9.11. The first-order valence-electron chi connectivity index (χ1n) is 5.84. The largest absolute Gasteiger partial charge is 0.468 e. The number of esters is 1. The van der Waals surface area contributed by atoms with E-state index in [1.165, 1.54) is 7.11 Å². The Hall–Kier alpha value is -0.920. The van der Waals surface area contributed by atoms with Crippen LogP contribution in [0.1, 0.15) is 5.56 Å². The summed E-state index contributed by atoms with van der Waals surface area (Å²) in [5.74, 6) is -0.584. The molecule has 0 aliphatic heterocycles. The molecule has 0 heterocycles. The van der Waals surface area contributed by atoms with Gasteiger partial charge in [0, 0.05) is 8.95 Å². The maximum atomic E-state index is 11.9. The minimum Gasteiger partial charge on any atom is -0.468 e. The van der Waals surface area contributed by atoms with Crippen LogP contribution in [0, 0.1) is 6.92 Å². The molecule has 0 fully saturated rings. The Morgan fingerprint density at radius 1 is 1.25 bits per heavy atom. The minimum atomic E-state index is -0.377. The standard InChI is InChI=1S/C13H16Br2N2O3/c1-8-4-9(14)13(10(15)5-8)16-11(18)6-17(2)7-12(19)20-3/h4-5H,6-7H2,1-3H3,(H,16,18). The van der Waals surface area contributed by atoms with Crippen molar-refractivity contribution in [1.82, 2.24) is 4.90 Å². The zero-order valence-electron chi connectivity index (χ0n) is 11.5. The van der Waals surface area contributed by atoms with Gasteiger partial charge in [-0.1, -0.05) is 0 Å². The summed E-state index contributed by atoms with van der Waals surface area (Å²) in [4.78, 5) is 24.6. The third-order valence-corrected chi connectivity index (χ3v) is 3.74. The molecule has 1 amide bonds. The predicted octanol–water partition coefficient (Wildman–Crippen LogP) is 2.56. The summed E-state index contributed by atoms with van der Waals surface area (Å²) in [6.45, 7) is 2.13. The molecule has 0 unspecified atom stereocenters. The zero-order chi connectivity index (χ0) is 15.3. The molecular weight excluding hydrogens is 392 g/mol. The van der Waals surface area contributed by atoms with Crippen molar-refractivity contribution in [3.63, 3.8) is 0 Å². The van der Waals surface area contributed by atoms with Crippen molar-refractivity contribution in [1.29, 1.82) is 0 Å². The Morgan fingerprint density at radius 3 is 2.30 bits per heavy atom. The van der Waals surface area contributed by atoms with Gasteiger partial charge in [-0.15, -0.1) is 0 Å². The smallest absolute Gasteiger partial charge is 0.319 e. The molecule has 0 aliphatic rings. The number of benzene rings is 1. The number of methoxy groups -OCH3 is 1. The fourth-order valence-corrected chi connectivity index (χ4v) is 3.20. The monoisotopic (exact) mass is 406 g/mol. The average Bonchev–Trinajstić information content (AvgIpc) is 2.33. The fourth-order valence-electron chi connectivity index (χ4n) is 1.58. The van der Waals surface area contributed by atoms with Gasteiger partial charge in [0.25, 0.3) is 0 Å². The van der Waals surface area contributed by atoms with Crippen molar-refractivity contribution >= 4 is 49.4 Å². The summed E-state index contributed by atoms with van der Waals surface area (Å²) in [6, 6.07) is 3.83. The molecule has 0 spiro atoms. The molecular formula is C13H16Br2N2O3. The highest BCUT2D eigenvalue weighted by Gasteiger charge is 2.13. The summed E-state index contributed by atoms with van der Waals surface area (Å²) < 4.78 is 6.14. The summed E-state index contributed by atoms with van der Waals surface area (Å²) in [5.41, 5.74) is 1.75. The Bertz CT molecular complexity index is 497. The van der Waals surface area contributed by atoms with Crippen LogP contribution in [0.25, 0.3) is 0 Å². The summed E-state index contributed by atoms with van der Waals surface area (Å²) in [5, 5.41) is 2.80.